The molecule has 0 saturated heterocycles. The second kappa shape index (κ2) is 10.2. The fourth-order valence-electron chi connectivity index (χ4n) is 2.75. The molecule has 0 aliphatic rings. The summed E-state index contributed by atoms with van der Waals surface area (Å²) in [4.78, 5) is 12.1. The number of benzene rings is 2. The van der Waals surface area contributed by atoms with Gasteiger partial charge in [0.25, 0.3) is 0 Å². The molecule has 6 nitrogen and oxygen atoms in total. The Kier molecular flexibility index (Phi) is 7.95. The summed E-state index contributed by atoms with van der Waals surface area (Å²) in [5.41, 5.74) is 1.33. The fraction of sp³-hybridized carbons (Fsp3) is 0.350. The molecule has 0 unspecified atom stereocenters. The summed E-state index contributed by atoms with van der Waals surface area (Å²) in [5, 5.41) is 5.37. The summed E-state index contributed by atoms with van der Waals surface area (Å²) >= 11 is 0. The first kappa shape index (κ1) is 21.8. The zero-order chi connectivity index (χ0) is 20.6. The topological polar surface area (TPSA) is 78.5 Å². The zero-order valence-corrected chi connectivity index (χ0v) is 16.9. The lowest BCUT2D eigenvalue weighted by molar-refractivity contribution is 0.240. The molecular weight excluding hydrogens is 381 g/mol. The third-order valence-corrected chi connectivity index (χ3v) is 6.42. The lowest BCUT2D eigenvalue weighted by Crippen LogP contribution is -2.36. The van der Waals surface area contributed by atoms with E-state index in [1.807, 2.05) is 0 Å². The van der Waals surface area contributed by atoms with E-state index in [2.05, 4.69) is 10.6 Å². The van der Waals surface area contributed by atoms with Crippen molar-refractivity contribution in [3.63, 3.8) is 0 Å². The van der Waals surface area contributed by atoms with Crippen molar-refractivity contribution < 1.29 is 17.6 Å². The van der Waals surface area contributed by atoms with Gasteiger partial charge < -0.3 is 10.6 Å². The van der Waals surface area contributed by atoms with Gasteiger partial charge in [0.05, 0.1) is 4.90 Å². The second-order valence-electron chi connectivity index (χ2n) is 6.18. The Labute approximate surface area is 165 Å². The maximum absolute atomic E-state index is 13.5. The average molecular weight is 408 g/mol. The number of carbonyl (C=O) groups is 1. The number of nitrogens with one attached hydrogen (secondary N) is 2. The summed E-state index contributed by atoms with van der Waals surface area (Å²) in [6.07, 6.45) is 0.401. The average Bonchev–Trinajstić information content (AvgIpc) is 2.69. The van der Waals surface area contributed by atoms with Gasteiger partial charge in [-0.2, -0.15) is 4.31 Å². The van der Waals surface area contributed by atoms with E-state index >= 15 is 0 Å². The summed E-state index contributed by atoms with van der Waals surface area (Å²) in [6.45, 7) is 4.99. The van der Waals surface area contributed by atoms with Crippen molar-refractivity contribution in [2.75, 3.05) is 19.6 Å². The van der Waals surface area contributed by atoms with Crippen LogP contribution in [-0.4, -0.2) is 38.4 Å². The number of amides is 2. The van der Waals surface area contributed by atoms with Crippen LogP contribution in [0.3, 0.4) is 0 Å². The molecule has 0 saturated carbocycles. The van der Waals surface area contributed by atoms with Crippen LogP contribution < -0.4 is 10.6 Å². The predicted octanol–water partition coefficient (Wildman–Crippen LogP) is 2.90. The molecule has 0 spiro atoms. The van der Waals surface area contributed by atoms with E-state index in [-0.39, 0.29) is 23.3 Å². The monoisotopic (exact) mass is 407 g/mol. The highest BCUT2D eigenvalue weighted by molar-refractivity contribution is 7.89. The smallest absolute Gasteiger partial charge is 0.315 e. The van der Waals surface area contributed by atoms with E-state index in [1.165, 1.54) is 10.4 Å². The molecule has 2 rings (SSSR count). The third kappa shape index (κ3) is 5.77. The molecule has 0 atom stereocenters. The highest BCUT2D eigenvalue weighted by Gasteiger charge is 2.21. The minimum atomic E-state index is -3.49. The minimum absolute atomic E-state index is 0.231. The summed E-state index contributed by atoms with van der Waals surface area (Å²) in [5.74, 6) is -0.288. The van der Waals surface area contributed by atoms with Crippen molar-refractivity contribution in [2.24, 2.45) is 0 Å². The van der Waals surface area contributed by atoms with Crippen molar-refractivity contribution >= 4 is 16.1 Å². The number of hydrogen-bond acceptors (Lipinski definition) is 3. The Bertz CT molecular complexity index is 882. The van der Waals surface area contributed by atoms with Crippen molar-refractivity contribution in [1.29, 1.82) is 0 Å². The SMILES string of the molecule is CCN(CC)S(=O)(=O)c1ccc(CNC(=O)NCCc2ccccc2F)cc1. The molecule has 152 valence electrons. The van der Waals surface area contributed by atoms with Gasteiger partial charge in [0, 0.05) is 26.2 Å². The normalized spacial score (nSPS) is 11.4. The molecule has 0 aromatic heterocycles. The molecule has 0 aliphatic carbocycles. The highest BCUT2D eigenvalue weighted by Crippen LogP contribution is 2.16. The van der Waals surface area contributed by atoms with Crippen LogP contribution in [0.25, 0.3) is 0 Å². The maximum Gasteiger partial charge on any atom is 0.315 e. The van der Waals surface area contributed by atoms with Gasteiger partial charge in [0.15, 0.2) is 0 Å². The van der Waals surface area contributed by atoms with Crippen LogP contribution in [-0.2, 0) is 23.0 Å². The van der Waals surface area contributed by atoms with Gasteiger partial charge in [-0.1, -0.05) is 44.2 Å². The third-order valence-electron chi connectivity index (χ3n) is 4.36. The number of rotatable bonds is 9. The lowest BCUT2D eigenvalue weighted by Gasteiger charge is -2.18. The first-order valence-electron chi connectivity index (χ1n) is 9.22. The van der Waals surface area contributed by atoms with Crippen LogP contribution in [0.15, 0.2) is 53.4 Å². The predicted molar refractivity (Wildman–Crippen MR) is 107 cm³/mol. The van der Waals surface area contributed by atoms with Crippen LogP contribution in [0.4, 0.5) is 9.18 Å². The number of sulfonamides is 1. The molecule has 2 aromatic carbocycles. The Morgan fingerprint density at radius 1 is 1.00 bits per heavy atom. The summed E-state index contributed by atoms with van der Waals surface area (Å²) in [6, 6.07) is 12.5. The van der Waals surface area contributed by atoms with Crippen molar-refractivity contribution in [3.8, 4) is 0 Å². The first-order chi connectivity index (χ1) is 13.4. The Balaban J connectivity index is 1.82. The molecule has 2 N–H and O–H groups in total. The largest absolute Gasteiger partial charge is 0.338 e. The van der Waals surface area contributed by atoms with Gasteiger partial charge in [-0.3, -0.25) is 0 Å². The Hall–Kier alpha value is -2.45. The highest BCUT2D eigenvalue weighted by atomic mass is 32.2. The molecule has 0 bridgehead atoms. The van der Waals surface area contributed by atoms with Crippen LogP contribution in [0.2, 0.25) is 0 Å². The van der Waals surface area contributed by atoms with Gasteiger partial charge in [-0.05, 0) is 35.7 Å². The molecule has 28 heavy (non-hydrogen) atoms. The summed E-state index contributed by atoms with van der Waals surface area (Å²) in [7, 11) is -3.49. The molecule has 0 fully saturated rings. The molecule has 0 radical (unpaired) electrons. The van der Waals surface area contributed by atoms with E-state index in [4.69, 9.17) is 0 Å². The fourth-order valence-corrected chi connectivity index (χ4v) is 4.21. The van der Waals surface area contributed by atoms with Gasteiger partial charge in [0.2, 0.25) is 10.0 Å². The standard InChI is InChI=1S/C20H26FN3O3S/c1-3-24(4-2)28(26,27)18-11-9-16(10-12-18)15-23-20(25)22-14-13-17-7-5-6-8-19(17)21/h5-12H,3-4,13-15H2,1-2H3,(H2,22,23,25). The minimum Gasteiger partial charge on any atom is -0.338 e. The number of urea groups is 1. The molecular formula is C20H26FN3O3S. The first-order valence-corrected chi connectivity index (χ1v) is 10.7. The quantitative estimate of drug-likeness (QED) is 0.671. The molecule has 2 amide bonds. The molecule has 2 aromatic rings. The molecule has 0 heterocycles. The van der Waals surface area contributed by atoms with Gasteiger partial charge in [-0.25, -0.2) is 17.6 Å². The van der Waals surface area contributed by atoms with E-state index < -0.39 is 10.0 Å². The number of halogens is 1. The maximum atomic E-state index is 13.5. The van der Waals surface area contributed by atoms with E-state index in [0.717, 1.165) is 5.56 Å². The number of hydrogen-bond donors (Lipinski definition) is 2. The van der Waals surface area contributed by atoms with Crippen molar-refractivity contribution in [2.45, 2.75) is 31.7 Å². The number of carbonyl (C=O) groups excluding carboxylic acids is 1. The van der Waals surface area contributed by atoms with Crippen molar-refractivity contribution in [1.82, 2.24) is 14.9 Å². The van der Waals surface area contributed by atoms with Crippen LogP contribution in [0.5, 0.6) is 0 Å². The van der Waals surface area contributed by atoms with Crippen LogP contribution in [0, 0.1) is 5.82 Å². The van der Waals surface area contributed by atoms with Crippen LogP contribution >= 0.6 is 0 Å². The number of nitrogens with zero attached hydrogens (tertiary/aromatic N) is 1. The van der Waals surface area contributed by atoms with Crippen LogP contribution in [0.1, 0.15) is 25.0 Å². The zero-order valence-electron chi connectivity index (χ0n) is 16.1. The van der Waals surface area contributed by atoms with Gasteiger partial charge in [0.1, 0.15) is 5.82 Å². The van der Waals surface area contributed by atoms with E-state index in [1.54, 1.807) is 56.3 Å². The lowest BCUT2D eigenvalue weighted by atomic mass is 10.1. The Morgan fingerprint density at radius 2 is 1.64 bits per heavy atom. The molecule has 8 heteroatoms. The molecule has 0 aliphatic heterocycles. The summed E-state index contributed by atoms with van der Waals surface area (Å²) < 4.78 is 39.8. The van der Waals surface area contributed by atoms with Crippen molar-refractivity contribution in [3.05, 3.63) is 65.5 Å². The second-order valence-corrected chi connectivity index (χ2v) is 8.12. The van der Waals surface area contributed by atoms with Gasteiger partial charge in [-0.15, -0.1) is 0 Å². The van der Waals surface area contributed by atoms with E-state index in [0.29, 0.717) is 31.6 Å². The van der Waals surface area contributed by atoms with E-state index in [9.17, 15) is 17.6 Å². The Morgan fingerprint density at radius 3 is 2.25 bits per heavy atom. The van der Waals surface area contributed by atoms with Gasteiger partial charge >= 0.3 is 6.03 Å².